The molecule has 2 aliphatic rings. The first kappa shape index (κ1) is 23.4. The second-order valence-corrected chi connectivity index (χ2v) is 9.46. The van der Waals surface area contributed by atoms with Crippen LogP contribution in [0.3, 0.4) is 0 Å². The van der Waals surface area contributed by atoms with Gasteiger partial charge in [-0.3, -0.25) is 14.5 Å². The molecule has 3 heterocycles. The average molecular weight is 490 g/mol. The Morgan fingerprint density at radius 2 is 1.66 bits per heavy atom. The molecule has 0 saturated carbocycles. The van der Waals surface area contributed by atoms with Crippen LogP contribution in [0, 0.1) is 5.92 Å². The Balaban J connectivity index is 1.44. The number of halogens is 1. The second-order valence-electron chi connectivity index (χ2n) is 9.02. The molecule has 1 amide bonds. The van der Waals surface area contributed by atoms with Crippen molar-refractivity contribution in [1.29, 1.82) is 0 Å². The van der Waals surface area contributed by atoms with Gasteiger partial charge in [-0.25, -0.2) is 0 Å². The minimum absolute atomic E-state index is 0.159. The summed E-state index contributed by atoms with van der Waals surface area (Å²) in [7, 11) is 0. The number of allylic oxidation sites excluding steroid dienone is 2. The van der Waals surface area contributed by atoms with E-state index in [0.717, 1.165) is 31.7 Å². The monoisotopic (exact) mass is 489 g/mol. The van der Waals surface area contributed by atoms with Crippen molar-refractivity contribution < 1.29 is 14.0 Å². The molecule has 0 aliphatic carbocycles. The second kappa shape index (κ2) is 10.1. The van der Waals surface area contributed by atoms with E-state index in [-0.39, 0.29) is 17.7 Å². The van der Waals surface area contributed by atoms with Gasteiger partial charge < -0.3 is 14.2 Å². The Kier molecular flexibility index (Phi) is 6.75. The number of benzene rings is 2. The van der Waals surface area contributed by atoms with Crippen LogP contribution in [0.4, 0.5) is 5.69 Å². The third-order valence-electron chi connectivity index (χ3n) is 6.87. The molecule has 1 fully saturated rings. The molecule has 3 aromatic rings. The van der Waals surface area contributed by atoms with E-state index < -0.39 is 5.92 Å². The van der Waals surface area contributed by atoms with Crippen molar-refractivity contribution in [3.63, 3.8) is 0 Å². The van der Waals surface area contributed by atoms with Crippen LogP contribution >= 0.6 is 11.6 Å². The smallest absolute Gasteiger partial charge is 0.240 e. The van der Waals surface area contributed by atoms with Crippen molar-refractivity contribution in [2.75, 3.05) is 31.1 Å². The summed E-state index contributed by atoms with van der Waals surface area (Å²) in [6.45, 7) is 5.20. The summed E-state index contributed by atoms with van der Waals surface area (Å²) in [5.41, 5.74) is 2.74. The van der Waals surface area contributed by atoms with E-state index in [2.05, 4.69) is 21.9 Å². The molecule has 5 rings (SSSR count). The van der Waals surface area contributed by atoms with E-state index in [9.17, 15) is 9.59 Å². The molecule has 0 bridgehead atoms. The predicted molar refractivity (Wildman–Crippen MR) is 136 cm³/mol. The molecule has 2 aromatic carbocycles. The molecule has 1 aromatic heterocycles. The van der Waals surface area contributed by atoms with Crippen LogP contribution in [0.25, 0.3) is 0 Å². The van der Waals surface area contributed by atoms with Crippen molar-refractivity contribution in [2.45, 2.75) is 19.5 Å². The lowest BCUT2D eigenvalue weighted by molar-refractivity contribution is -0.144. The number of carbonyl (C=O) groups is 2. The molecular weight excluding hydrogens is 462 g/mol. The van der Waals surface area contributed by atoms with E-state index in [1.54, 1.807) is 30.2 Å². The van der Waals surface area contributed by atoms with Gasteiger partial charge in [0, 0.05) is 48.7 Å². The van der Waals surface area contributed by atoms with E-state index in [4.69, 9.17) is 16.0 Å². The molecule has 6 nitrogen and oxygen atoms in total. The van der Waals surface area contributed by atoms with Crippen molar-refractivity contribution in [3.05, 3.63) is 101 Å². The first-order chi connectivity index (χ1) is 17.0. The normalized spacial score (nSPS) is 20.2. The summed E-state index contributed by atoms with van der Waals surface area (Å²) in [5.74, 6) is -0.512. The van der Waals surface area contributed by atoms with Gasteiger partial charge >= 0.3 is 0 Å². The first-order valence-electron chi connectivity index (χ1n) is 11.9. The molecule has 180 valence electrons. The Bertz CT molecular complexity index is 1200. The fourth-order valence-electron chi connectivity index (χ4n) is 5.06. The van der Waals surface area contributed by atoms with Gasteiger partial charge in [0.05, 0.1) is 18.8 Å². The van der Waals surface area contributed by atoms with Gasteiger partial charge in [-0.05, 0) is 48.9 Å². The van der Waals surface area contributed by atoms with E-state index in [1.807, 2.05) is 48.5 Å². The highest BCUT2D eigenvalue weighted by Crippen LogP contribution is 2.36. The zero-order valence-corrected chi connectivity index (χ0v) is 20.4. The lowest BCUT2D eigenvalue weighted by Crippen LogP contribution is -2.53. The van der Waals surface area contributed by atoms with Crippen molar-refractivity contribution in [3.8, 4) is 0 Å². The van der Waals surface area contributed by atoms with Crippen LogP contribution in [0.15, 0.2) is 89.2 Å². The molecule has 0 N–H and O–H groups in total. The Morgan fingerprint density at radius 3 is 2.31 bits per heavy atom. The van der Waals surface area contributed by atoms with Crippen molar-refractivity contribution >= 4 is 29.0 Å². The van der Waals surface area contributed by atoms with Crippen LogP contribution in [0.5, 0.6) is 0 Å². The van der Waals surface area contributed by atoms with Gasteiger partial charge in [0.1, 0.15) is 11.7 Å². The molecule has 2 unspecified atom stereocenters. The molecule has 1 saturated heterocycles. The third-order valence-corrected chi connectivity index (χ3v) is 7.12. The number of hydrogen-bond donors (Lipinski definition) is 0. The minimum atomic E-state index is -0.835. The number of piperazine rings is 1. The lowest BCUT2D eigenvalue weighted by Gasteiger charge is -2.44. The highest BCUT2D eigenvalue weighted by atomic mass is 35.5. The zero-order valence-electron chi connectivity index (χ0n) is 19.6. The predicted octanol–water partition coefficient (Wildman–Crippen LogP) is 4.93. The maximum Gasteiger partial charge on any atom is 0.240 e. The van der Waals surface area contributed by atoms with Gasteiger partial charge in [0.15, 0.2) is 5.78 Å². The zero-order chi connectivity index (χ0) is 24.4. The number of amides is 1. The van der Waals surface area contributed by atoms with Gasteiger partial charge in [-0.15, -0.1) is 0 Å². The maximum atomic E-state index is 13.8. The van der Waals surface area contributed by atoms with Gasteiger partial charge in [0.25, 0.3) is 0 Å². The van der Waals surface area contributed by atoms with Gasteiger partial charge in [0.2, 0.25) is 5.91 Å². The number of carbonyl (C=O) groups excluding carboxylic acids is 2. The van der Waals surface area contributed by atoms with Gasteiger partial charge in [-0.1, -0.05) is 41.9 Å². The summed E-state index contributed by atoms with van der Waals surface area (Å²) in [5, 5.41) is 0.623. The third kappa shape index (κ3) is 4.90. The summed E-state index contributed by atoms with van der Waals surface area (Å²) in [6.07, 6.45) is 3.19. The molecule has 0 radical (unpaired) electrons. The SMILES string of the molecule is CC1=CC(=O)C(C(c2ccc(Cl)cc2)N2CCN(c3ccccc3)CC2)C(=O)N1Cc1ccco1. The fourth-order valence-corrected chi connectivity index (χ4v) is 5.19. The molecule has 2 aliphatic heterocycles. The number of rotatable bonds is 6. The van der Waals surface area contributed by atoms with Crippen molar-refractivity contribution in [1.82, 2.24) is 9.80 Å². The van der Waals surface area contributed by atoms with Crippen LogP contribution in [0.1, 0.15) is 24.3 Å². The average Bonchev–Trinajstić information content (AvgIpc) is 3.39. The van der Waals surface area contributed by atoms with E-state index >= 15 is 0 Å². The number of nitrogens with zero attached hydrogens (tertiary/aromatic N) is 3. The molecule has 0 spiro atoms. The van der Waals surface area contributed by atoms with E-state index in [1.165, 1.54) is 5.69 Å². The standard InChI is InChI=1S/C28H28ClN3O3/c1-20-18-25(33)26(28(34)32(20)19-24-8-5-17-35-24)27(21-9-11-22(29)12-10-21)31-15-13-30(14-16-31)23-6-3-2-4-7-23/h2-12,17-18,26-27H,13-16,19H2,1H3. The summed E-state index contributed by atoms with van der Waals surface area (Å²) >= 11 is 6.17. The number of anilines is 1. The quantitative estimate of drug-likeness (QED) is 0.460. The fraction of sp³-hybridized carbons (Fsp3) is 0.286. The molecule has 7 heteroatoms. The lowest BCUT2D eigenvalue weighted by atomic mass is 9.84. The molecular formula is C28H28ClN3O3. The minimum Gasteiger partial charge on any atom is -0.467 e. The van der Waals surface area contributed by atoms with Crippen LogP contribution in [-0.2, 0) is 16.1 Å². The van der Waals surface area contributed by atoms with Crippen LogP contribution < -0.4 is 4.90 Å². The molecule has 2 atom stereocenters. The highest BCUT2D eigenvalue weighted by Gasteiger charge is 2.44. The Hall–Kier alpha value is -3.35. The van der Waals surface area contributed by atoms with Crippen LogP contribution in [0.2, 0.25) is 5.02 Å². The maximum absolute atomic E-state index is 13.8. The summed E-state index contributed by atoms with van der Waals surface area (Å²) in [6, 6.07) is 21.1. The highest BCUT2D eigenvalue weighted by molar-refractivity contribution is 6.30. The Labute approximate surface area is 210 Å². The topological polar surface area (TPSA) is 57.0 Å². The number of para-hydroxylation sites is 1. The van der Waals surface area contributed by atoms with Crippen LogP contribution in [-0.4, -0.2) is 47.7 Å². The summed E-state index contributed by atoms with van der Waals surface area (Å²) < 4.78 is 5.49. The number of hydrogen-bond acceptors (Lipinski definition) is 5. The number of furan rings is 1. The Morgan fingerprint density at radius 1 is 0.943 bits per heavy atom. The van der Waals surface area contributed by atoms with Crippen molar-refractivity contribution in [2.24, 2.45) is 5.92 Å². The first-order valence-corrected chi connectivity index (χ1v) is 12.2. The molecule has 35 heavy (non-hydrogen) atoms. The summed E-state index contributed by atoms with van der Waals surface area (Å²) in [4.78, 5) is 33.5. The van der Waals surface area contributed by atoms with Gasteiger partial charge in [-0.2, -0.15) is 0 Å². The van der Waals surface area contributed by atoms with E-state index in [0.29, 0.717) is 23.0 Å². The number of ketones is 1. The largest absolute Gasteiger partial charge is 0.467 e.